The van der Waals surface area contributed by atoms with E-state index in [4.69, 9.17) is 11.6 Å². The summed E-state index contributed by atoms with van der Waals surface area (Å²) >= 11 is 5.72. The Morgan fingerprint density at radius 2 is 2.16 bits per heavy atom. The van der Waals surface area contributed by atoms with Gasteiger partial charge in [0.1, 0.15) is 5.02 Å². The normalized spacial score (nSPS) is 10.3. The number of carbonyl (C=O) groups is 1. The molecule has 0 aromatic heterocycles. The molecule has 104 valence electrons. The SMILES string of the molecule is CN(C)C(=O)CCNCc1ccc(Cl)c([N+](=O)[O-])c1. The molecule has 1 amide bonds. The van der Waals surface area contributed by atoms with E-state index in [1.54, 1.807) is 20.2 Å². The van der Waals surface area contributed by atoms with Gasteiger partial charge in [-0.05, 0) is 11.6 Å². The van der Waals surface area contributed by atoms with Gasteiger partial charge in [-0.1, -0.05) is 17.7 Å². The van der Waals surface area contributed by atoms with Crippen molar-refractivity contribution in [2.24, 2.45) is 0 Å². The van der Waals surface area contributed by atoms with Crippen LogP contribution in [0.15, 0.2) is 18.2 Å². The van der Waals surface area contributed by atoms with E-state index in [1.165, 1.54) is 17.0 Å². The van der Waals surface area contributed by atoms with Crippen molar-refractivity contribution in [3.63, 3.8) is 0 Å². The second kappa shape index (κ2) is 7.06. The van der Waals surface area contributed by atoms with Gasteiger partial charge in [-0.3, -0.25) is 14.9 Å². The molecule has 0 aliphatic carbocycles. The highest BCUT2D eigenvalue weighted by atomic mass is 35.5. The molecule has 19 heavy (non-hydrogen) atoms. The first-order valence-corrected chi connectivity index (χ1v) is 6.13. The van der Waals surface area contributed by atoms with Crippen LogP contribution < -0.4 is 5.32 Å². The lowest BCUT2D eigenvalue weighted by molar-refractivity contribution is -0.384. The van der Waals surface area contributed by atoms with E-state index >= 15 is 0 Å². The average Bonchev–Trinajstić information content (AvgIpc) is 2.35. The van der Waals surface area contributed by atoms with Crippen molar-refractivity contribution in [3.05, 3.63) is 38.9 Å². The van der Waals surface area contributed by atoms with Crippen molar-refractivity contribution in [3.8, 4) is 0 Å². The lowest BCUT2D eigenvalue weighted by Gasteiger charge is -2.10. The van der Waals surface area contributed by atoms with Crippen LogP contribution in [0.2, 0.25) is 5.02 Å². The van der Waals surface area contributed by atoms with Crippen molar-refractivity contribution in [1.82, 2.24) is 10.2 Å². The Hall–Kier alpha value is -1.66. The Bertz CT molecular complexity index is 477. The maximum Gasteiger partial charge on any atom is 0.288 e. The highest BCUT2D eigenvalue weighted by molar-refractivity contribution is 6.32. The van der Waals surface area contributed by atoms with Crippen LogP contribution in [-0.2, 0) is 11.3 Å². The largest absolute Gasteiger partial charge is 0.349 e. The number of benzene rings is 1. The molecule has 0 bridgehead atoms. The summed E-state index contributed by atoms with van der Waals surface area (Å²) in [5, 5.41) is 13.9. The fraction of sp³-hybridized carbons (Fsp3) is 0.417. The topological polar surface area (TPSA) is 75.5 Å². The minimum Gasteiger partial charge on any atom is -0.349 e. The van der Waals surface area contributed by atoms with Gasteiger partial charge >= 0.3 is 0 Å². The number of nitrogens with one attached hydrogen (secondary N) is 1. The molecule has 0 aliphatic heterocycles. The Morgan fingerprint density at radius 1 is 1.47 bits per heavy atom. The number of hydrogen-bond donors (Lipinski definition) is 1. The quantitative estimate of drug-likeness (QED) is 0.491. The summed E-state index contributed by atoms with van der Waals surface area (Å²) in [4.78, 5) is 23.1. The monoisotopic (exact) mass is 285 g/mol. The molecule has 0 fully saturated rings. The van der Waals surface area contributed by atoms with Crippen molar-refractivity contribution in [1.29, 1.82) is 0 Å². The maximum atomic E-state index is 11.3. The summed E-state index contributed by atoms with van der Waals surface area (Å²) in [5.74, 6) is 0.0367. The third-order valence-corrected chi connectivity index (χ3v) is 2.87. The molecule has 0 spiro atoms. The molecule has 0 atom stereocenters. The molecule has 1 N–H and O–H groups in total. The van der Waals surface area contributed by atoms with Crippen molar-refractivity contribution >= 4 is 23.2 Å². The second-order valence-electron chi connectivity index (χ2n) is 4.26. The van der Waals surface area contributed by atoms with Gasteiger partial charge in [-0.25, -0.2) is 0 Å². The minimum atomic E-state index is -0.512. The Morgan fingerprint density at radius 3 is 2.74 bits per heavy atom. The van der Waals surface area contributed by atoms with E-state index in [9.17, 15) is 14.9 Å². The summed E-state index contributed by atoms with van der Waals surface area (Å²) in [7, 11) is 3.40. The van der Waals surface area contributed by atoms with Crippen LogP contribution in [-0.4, -0.2) is 36.4 Å². The molecule has 1 aromatic carbocycles. The molecule has 0 aliphatic rings. The molecule has 0 radical (unpaired) electrons. The van der Waals surface area contributed by atoms with Crippen LogP contribution in [0.3, 0.4) is 0 Å². The average molecular weight is 286 g/mol. The number of nitro groups is 1. The lowest BCUT2D eigenvalue weighted by Crippen LogP contribution is -2.26. The zero-order valence-electron chi connectivity index (χ0n) is 10.9. The number of nitrogens with zero attached hydrogens (tertiary/aromatic N) is 2. The summed E-state index contributed by atoms with van der Waals surface area (Å²) in [6, 6.07) is 4.65. The van der Waals surface area contributed by atoms with Crippen molar-refractivity contribution in [2.45, 2.75) is 13.0 Å². The smallest absolute Gasteiger partial charge is 0.288 e. The summed E-state index contributed by atoms with van der Waals surface area (Å²) in [6.45, 7) is 0.978. The maximum absolute atomic E-state index is 11.3. The highest BCUT2D eigenvalue weighted by Gasteiger charge is 2.12. The molecule has 0 heterocycles. The number of halogens is 1. The van der Waals surface area contributed by atoms with Gasteiger partial charge in [-0.15, -0.1) is 0 Å². The number of carbonyl (C=O) groups excluding carboxylic acids is 1. The predicted octanol–water partition coefficient (Wildman–Crippen LogP) is 1.82. The van der Waals surface area contributed by atoms with Crippen LogP contribution in [0.25, 0.3) is 0 Å². The van der Waals surface area contributed by atoms with E-state index in [0.29, 0.717) is 19.5 Å². The molecule has 0 saturated carbocycles. The van der Waals surface area contributed by atoms with Gasteiger partial charge in [0.15, 0.2) is 0 Å². The molecule has 7 heteroatoms. The predicted molar refractivity (Wildman–Crippen MR) is 73.1 cm³/mol. The van der Waals surface area contributed by atoms with Crippen molar-refractivity contribution in [2.75, 3.05) is 20.6 Å². The zero-order valence-corrected chi connectivity index (χ0v) is 11.6. The zero-order chi connectivity index (χ0) is 14.4. The molecular weight excluding hydrogens is 270 g/mol. The standard InChI is InChI=1S/C12H16ClN3O3/c1-15(2)12(17)5-6-14-8-9-3-4-10(13)11(7-9)16(18)19/h3-4,7,14H,5-6,8H2,1-2H3. The summed E-state index contributed by atoms with van der Waals surface area (Å²) < 4.78 is 0. The van der Waals surface area contributed by atoms with E-state index < -0.39 is 4.92 Å². The van der Waals surface area contributed by atoms with Gasteiger partial charge in [0.05, 0.1) is 4.92 Å². The van der Waals surface area contributed by atoms with E-state index in [0.717, 1.165) is 5.56 Å². The molecule has 0 unspecified atom stereocenters. The fourth-order valence-corrected chi connectivity index (χ4v) is 1.65. The van der Waals surface area contributed by atoms with E-state index in [2.05, 4.69) is 5.32 Å². The second-order valence-corrected chi connectivity index (χ2v) is 4.67. The lowest BCUT2D eigenvalue weighted by atomic mass is 10.2. The molecule has 1 rings (SSSR count). The van der Waals surface area contributed by atoms with Gasteiger partial charge < -0.3 is 10.2 Å². The molecule has 0 saturated heterocycles. The van der Waals surface area contributed by atoms with Gasteiger partial charge in [0.25, 0.3) is 5.69 Å². The molecule has 1 aromatic rings. The minimum absolute atomic E-state index is 0.0367. The Kier molecular flexibility index (Phi) is 5.72. The number of hydrogen-bond acceptors (Lipinski definition) is 4. The molecule has 6 nitrogen and oxygen atoms in total. The number of amides is 1. The van der Waals surface area contributed by atoms with Crippen LogP contribution in [0.1, 0.15) is 12.0 Å². The first-order valence-electron chi connectivity index (χ1n) is 5.75. The van der Waals surface area contributed by atoms with Gasteiger partial charge in [0, 0.05) is 39.7 Å². The summed E-state index contributed by atoms with van der Waals surface area (Å²) in [6.07, 6.45) is 0.392. The van der Waals surface area contributed by atoms with Gasteiger partial charge in [-0.2, -0.15) is 0 Å². The van der Waals surface area contributed by atoms with E-state index in [1.807, 2.05) is 0 Å². The first kappa shape index (κ1) is 15.4. The molecular formula is C12H16ClN3O3. The van der Waals surface area contributed by atoms with Gasteiger partial charge in [0.2, 0.25) is 5.91 Å². The third-order valence-electron chi connectivity index (χ3n) is 2.55. The van der Waals surface area contributed by atoms with Crippen LogP contribution >= 0.6 is 11.6 Å². The van der Waals surface area contributed by atoms with Crippen LogP contribution in [0.5, 0.6) is 0 Å². The number of rotatable bonds is 6. The summed E-state index contributed by atoms with van der Waals surface area (Å²) in [5.41, 5.74) is 0.652. The van der Waals surface area contributed by atoms with Crippen LogP contribution in [0.4, 0.5) is 5.69 Å². The van der Waals surface area contributed by atoms with Crippen molar-refractivity contribution < 1.29 is 9.72 Å². The Labute approximate surface area is 116 Å². The first-order chi connectivity index (χ1) is 8.91. The van der Waals surface area contributed by atoms with E-state index in [-0.39, 0.29) is 16.6 Å². The third kappa shape index (κ3) is 4.84. The number of nitro benzene ring substituents is 1. The fourth-order valence-electron chi connectivity index (χ4n) is 1.46. The van der Waals surface area contributed by atoms with Crippen LogP contribution in [0, 0.1) is 10.1 Å². The highest BCUT2D eigenvalue weighted by Crippen LogP contribution is 2.24. The Balaban J connectivity index is 2.48.